The minimum absolute atomic E-state index is 0.0441. The maximum atomic E-state index is 11.4. The molecular formula is C12H17N3O3S. The van der Waals surface area contributed by atoms with Gasteiger partial charge in [-0.1, -0.05) is 0 Å². The van der Waals surface area contributed by atoms with Gasteiger partial charge in [0.25, 0.3) is 0 Å². The molecule has 1 aromatic heterocycles. The van der Waals surface area contributed by atoms with E-state index >= 15 is 0 Å². The van der Waals surface area contributed by atoms with Gasteiger partial charge in [-0.2, -0.15) is 0 Å². The van der Waals surface area contributed by atoms with Gasteiger partial charge >= 0.3 is 5.97 Å². The van der Waals surface area contributed by atoms with Gasteiger partial charge in [0.15, 0.2) is 11.6 Å². The third kappa shape index (κ3) is 3.28. The summed E-state index contributed by atoms with van der Waals surface area (Å²) >= 11 is 1.54. The standard InChI is InChI=1S/C12H17N3O3S/c1-17-8(16)5-12(3-4-12)6-19-11-9(18-2)10(13)14-7-15-11/h7H,3-6H2,1-2H3,(H2,13,14,15). The highest BCUT2D eigenvalue weighted by Gasteiger charge is 2.44. The van der Waals surface area contributed by atoms with Crippen LogP contribution >= 0.6 is 11.8 Å². The van der Waals surface area contributed by atoms with Crippen molar-refractivity contribution < 1.29 is 14.3 Å². The summed E-state index contributed by atoms with van der Waals surface area (Å²) < 4.78 is 9.93. The number of nitrogen functional groups attached to an aromatic ring is 1. The number of aromatic nitrogens is 2. The van der Waals surface area contributed by atoms with Crippen molar-refractivity contribution in [3.63, 3.8) is 0 Å². The third-order valence-corrected chi connectivity index (χ3v) is 4.54. The summed E-state index contributed by atoms with van der Waals surface area (Å²) in [6.45, 7) is 0. The molecule has 19 heavy (non-hydrogen) atoms. The number of ether oxygens (including phenoxy) is 2. The molecule has 1 aromatic rings. The molecule has 1 aliphatic rings. The van der Waals surface area contributed by atoms with Crippen LogP contribution in [0.15, 0.2) is 11.4 Å². The number of rotatable bonds is 6. The fourth-order valence-corrected chi connectivity index (χ4v) is 3.09. The molecule has 0 bridgehead atoms. The maximum Gasteiger partial charge on any atom is 0.306 e. The van der Waals surface area contributed by atoms with E-state index in [0.717, 1.165) is 18.6 Å². The van der Waals surface area contributed by atoms with E-state index in [4.69, 9.17) is 15.2 Å². The highest BCUT2D eigenvalue weighted by atomic mass is 32.2. The lowest BCUT2D eigenvalue weighted by Gasteiger charge is -2.14. The Morgan fingerprint density at radius 3 is 2.79 bits per heavy atom. The molecule has 2 N–H and O–H groups in total. The first-order chi connectivity index (χ1) is 9.10. The number of nitrogens with zero attached hydrogens (tertiary/aromatic N) is 2. The van der Waals surface area contributed by atoms with E-state index in [1.165, 1.54) is 13.4 Å². The zero-order valence-electron chi connectivity index (χ0n) is 11.0. The first-order valence-corrected chi connectivity index (χ1v) is 6.93. The maximum absolute atomic E-state index is 11.4. The number of thioether (sulfide) groups is 1. The highest BCUT2D eigenvalue weighted by molar-refractivity contribution is 7.99. The molecule has 0 unspecified atom stereocenters. The largest absolute Gasteiger partial charge is 0.490 e. The number of esters is 1. The van der Waals surface area contributed by atoms with Crippen LogP contribution in [0.1, 0.15) is 19.3 Å². The van der Waals surface area contributed by atoms with Crippen molar-refractivity contribution in [2.45, 2.75) is 24.3 Å². The van der Waals surface area contributed by atoms with E-state index in [9.17, 15) is 4.79 Å². The van der Waals surface area contributed by atoms with Crippen LogP contribution in [0.25, 0.3) is 0 Å². The molecule has 0 spiro atoms. The summed E-state index contributed by atoms with van der Waals surface area (Å²) in [5, 5.41) is 0.714. The molecule has 1 aliphatic carbocycles. The van der Waals surface area contributed by atoms with Crippen molar-refractivity contribution in [2.24, 2.45) is 5.41 Å². The zero-order chi connectivity index (χ0) is 13.9. The van der Waals surface area contributed by atoms with Crippen LogP contribution in [0.3, 0.4) is 0 Å². The van der Waals surface area contributed by atoms with Crippen molar-refractivity contribution in [3.05, 3.63) is 6.33 Å². The van der Waals surface area contributed by atoms with E-state index in [2.05, 4.69) is 9.97 Å². The van der Waals surface area contributed by atoms with Crippen LogP contribution < -0.4 is 10.5 Å². The van der Waals surface area contributed by atoms with Crippen molar-refractivity contribution in [2.75, 3.05) is 25.7 Å². The summed E-state index contributed by atoms with van der Waals surface area (Å²) in [5.74, 6) is 1.47. The van der Waals surface area contributed by atoms with Crippen molar-refractivity contribution in [1.82, 2.24) is 9.97 Å². The minimum atomic E-state index is -0.160. The molecule has 0 aromatic carbocycles. The number of hydrogen-bond donors (Lipinski definition) is 1. The monoisotopic (exact) mass is 283 g/mol. The molecule has 0 aliphatic heterocycles. The number of nitrogens with two attached hydrogens (primary N) is 1. The smallest absolute Gasteiger partial charge is 0.306 e. The van der Waals surface area contributed by atoms with Gasteiger partial charge in [-0.15, -0.1) is 11.8 Å². The van der Waals surface area contributed by atoms with Crippen LogP contribution in [-0.4, -0.2) is 35.9 Å². The van der Waals surface area contributed by atoms with Crippen molar-refractivity contribution in [1.29, 1.82) is 0 Å². The van der Waals surface area contributed by atoms with Gasteiger partial charge in [-0.3, -0.25) is 4.79 Å². The van der Waals surface area contributed by atoms with Gasteiger partial charge in [-0.25, -0.2) is 9.97 Å². The average molecular weight is 283 g/mol. The van der Waals surface area contributed by atoms with Crippen LogP contribution in [0.5, 0.6) is 5.75 Å². The van der Waals surface area contributed by atoms with Gasteiger partial charge in [0.05, 0.1) is 20.6 Å². The Kier molecular flexibility index (Phi) is 4.14. The van der Waals surface area contributed by atoms with Crippen LogP contribution in [-0.2, 0) is 9.53 Å². The summed E-state index contributed by atoms with van der Waals surface area (Å²) in [4.78, 5) is 19.4. The lowest BCUT2D eigenvalue weighted by molar-refractivity contribution is -0.141. The predicted molar refractivity (Wildman–Crippen MR) is 72.0 cm³/mol. The van der Waals surface area contributed by atoms with Gasteiger partial charge in [0.1, 0.15) is 11.4 Å². The van der Waals surface area contributed by atoms with Gasteiger partial charge in [0.2, 0.25) is 0 Å². The lowest BCUT2D eigenvalue weighted by Crippen LogP contribution is -2.13. The molecule has 1 fully saturated rings. The molecule has 0 amide bonds. The quantitative estimate of drug-likeness (QED) is 0.481. The molecule has 0 radical (unpaired) electrons. The first-order valence-electron chi connectivity index (χ1n) is 5.94. The summed E-state index contributed by atoms with van der Waals surface area (Å²) in [6, 6.07) is 0. The summed E-state index contributed by atoms with van der Waals surface area (Å²) in [7, 11) is 2.96. The second-order valence-electron chi connectivity index (χ2n) is 4.64. The molecule has 1 saturated carbocycles. The minimum Gasteiger partial charge on any atom is -0.490 e. The Morgan fingerprint density at radius 2 is 2.21 bits per heavy atom. The average Bonchev–Trinajstić information content (AvgIpc) is 3.16. The molecule has 6 nitrogen and oxygen atoms in total. The Bertz CT molecular complexity index is 477. The normalized spacial score (nSPS) is 15.9. The number of carbonyl (C=O) groups is 1. The number of hydrogen-bond acceptors (Lipinski definition) is 7. The van der Waals surface area contributed by atoms with Gasteiger partial charge in [-0.05, 0) is 18.3 Å². The van der Waals surface area contributed by atoms with Crippen LogP contribution in [0.4, 0.5) is 5.82 Å². The van der Waals surface area contributed by atoms with Gasteiger partial charge < -0.3 is 15.2 Å². The van der Waals surface area contributed by atoms with Crippen molar-refractivity contribution >= 4 is 23.5 Å². The molecular weight excluding hydrogens is 266 g/mol. The Labute approximate surface area is 116 Å². The van der Waals surface area contributed by atoms with Crippen molar-refractivity contribution in [3.8, 4) is 5.75 Å². The molecule has 0 saturated heterocycles. The van der Waals surface area contributed by atoms with E-state index in [-0.39, 0.29) is 11.4 Å². The lowest BCUT2D eigenvalue weighted by atomic mass is 10.1. The molecule has 1 heterocycles. The van der Waals surface area contributed by atoms with Gasteiger partial charge in [0, 0.05) is 5.75 Å². The molecule has 2 rings (SSSR count). The summed E-state index contributed by atoms with van der Waals surface area (Å²) in [6.07, 6.45) is 3.95. The second kappa shape index (κ2) is 5.64. The molecule has 0 atom stereocenters. The Balaban J connectivity index is 1.99. The summed E-state index contributed by atoms with van der Waals surface area (Å²) in [5.41, 5.74) is 5.77. The van der Waals surface area contributed by atoms with E-state index in [0.29, 0.717) is 23.0 Å². The van der Waals surface area contributed by atoms with Crippen LogP contribution in [0, 0.1) is 5.41 Å². The molecule has 104 valence electrons. The number of anilines is 1. The molecule has 7 heteroatoms. The third-order valence-electron chi connectivity index (χ3n) is 3.22. The zero-order valence-corrected chi connectivity index (χ0v) is 11.8. The second-order valence-corrected chi connectivity index (χ2v) is 5.60. The first kappa shape index (κ1) is 13.9. The Morgan fingerprint density at radius 1 is 1.47 bits per heavy atom. The highest BCUT2D eigenvalue weighted by Crippen LogP contribution is 2.52. The van der Waals surface area contributed by atoms with E-state index < -0.39 is 0 Å². The fraction of sp³-hybridized carbons (Fsp3) is 0.583. The Hall–Kier alpha value is -1.50. The number of methoxy groups -OCH3 is 2. The SMILES string of the molecule is COC(=O)CC1(CSc2ncnc(N)c2OC)CC1. The van der Waals surface area contributed by atoms with E-state index in [1.807, 2.05) is 0 Å². The predicted octanol–water partition coefficient (Wildman–Crippen LogP) is 1.50. The van der Waals surface area contributed by atoms with E-state index in [1.54, 1.807) is 18.9 Å². The van der Waals surface area contributed by atoms with Crippen LogP contribution in [0.2, 0.25) is 0 Å². The topological polar surface area (TPSA) is 87.3 Å². The fourth-order valence-electron chi connectivity index (χ4n) is 1.81. The number of carbonyl (C=O) groups excluding carboxylic acids is 1.